The fourth-order valence-corrected chi connectivity index (χ4v) is 2.98. The molecule has 2 aromatic carbocycles. The second-order valence-corrected chi connectivity index (χ2v) is 6.95. The van der Waals surface area contributed by atoms with Crippen LogP contribution < -0.4 is 20.9 Å². The van der Waals surface area contributed by atoms with Gasteiger partial charge in [0.15, 0.2) is 0 Å². The standard InChI is InChI=1S/C23H25N5O2/c1-14-19(13-29-20-8-6-17(7-9-20)22(24)25)11-28-15(2)21(14)30-12-16-4-3-5-18(10-16)23(26)27/h3-11H,12-13H2,1-2H3,(H3,24,25)(H3,26,27). The predicted molar refractivity (Wildman–Crippen MR) is 117 cm³/mol. The predicted octanol–water partition coefficient (Wildman–Crippen LogP) is 3.42. The van der Waals surface area contributed by atoms with Gasteiger partial charge in [0, 0.05) is 28.5 Å². The zero-order chi connectivity index (χ0) is 21.7. The molecule has 1 heterocycles. The molecule has 0 aliphatic rings. The van der Waals surface area contributed by atoms with E-state index in [-0.39, 0.29) is 11.7 Å². The molecule has 7 heteroatoms. The second-order valence-electron chi connectivity index (χ2n) is 6.95. The molecule has 7 nitrogen and oxygen atoms in total. The molecule has 0 aliphatic heterocycles. The van der Waals surface area contributed by atoms with E-state index in [9.17, 15) is 0 Å². The maximum absolute atomic E-state index is 7.57. The Morgan fingerprint density at radius 1 is 0.900 bits per heavy atom. The SMILES string of the molecule is Cc1ncc(COc2ccc(C(=N)N)cc2)c(C)c1OCc1cccc(C(=N)N)c1. The van der Waals surface area contributed by atoms with Crippen molar-refractivity contribution in [3.05, 3.63) is 88.2 Å². The molecule has 0 atom stereocenters. The van der Waals surface area contributed by atoms with Gasteiger partial charge in [-0.2, -0.15) is 0 Å². The molecule has 0 aliphatic carbocycles. The number of pyridine rings is 1. The molecule has 0 amide bonds. The van der Waals surface area contributed by atoms with E-state index < -0.39 is 0 Å². The van der Waals surface area contributed by atoms with Gasteiger partial charge in [-0.25, -0.2) is 0 Å². The Labute approximate surface area is 175 Å². The average Bonchev–Trinajstić information content (AvgIpc) is 2.73. The van der Waals surface area contributed by atoms with Gasteiger partial charge in [0.2, 0.25) is 0 Å². The molecule has 0 saturated heterocycles. The monoisotopic (exact) mass is 403 g/mol. The van der Waals surface area contributed by atoms with Crippen molar-refractivity contribution in [2.75, 3.05) is 0 Å². The lowest BCUT2D eigenvalue weighted by molar-refractivity contribution is 0.290. The number of ether oxygens (including phenoxy) is 2. The fraction of sp³-hybridized carbons (Fsp3) is 0.174. The highest BCUT2D eigenvalue weighted by molar-refractivity contribution is 5.95. The van der Waals surface area contributed by atoms with E-state index in [0.717, 1.165) is 28.1 Å². The molecule has 0 spiro atoms. The molecule has 154 valence electrons. The van der Waals surface area contributed by atoms with Crippen LogP contribution in [0.5, 0.6) is 11.5 Å². The van der Waals surface area contributed by atoms with Crippen molar-refractivity contribution in [3.8, 4) is 11.5 Å². The van der Waals surface area contributed by atoms with Crippen LogP contribution in [0.4, 0.5) is 0 Å². The van der Waals surface area contributed by atoms with Crippen LogP contribution in [0.3, 0.4) is 0 Å². The quantitative estimate of drug-likeness (QED) is 0.338. The average molecular weight is 403 g/mol. The number of benzene rings is 2. The zero-order valence-electron chi connectivity index (χ0n) is 17.0. The second kappa shape index (κ2) is 9.09. The van der Waals surface area contributed by atoms with Crippen LogP contribution in [0.1, 0.15) is 33.5 Å². The van der Waals surface area contributed by atoms with E-state index in [1.807, 2.05) is 32.0 Å². The van der Waals surface area contributed by atoms with Crippen LogP contribution in [0, 0.1) is 24.7 Å². The molecule has 0 radical (unpaired) electrons. The first-order valence-electron chi connectivity index (χ1n) is 9.43. The van der Waals surface area contributed by atoms with Crippen LogP contribution in [0.25, 0.3) is 0 Å². The number of hydrogen-bond donors (Lipinski definition) is 4. The first-order chi connectivity index (χ1) is 14.3. The Balaban J connectivity index is 1.71. The lowest BCUT2D eigenvalue weighted by Crippen LogP contribution is -2.11. The molecule has 0 bridgehead atoms. The van der Waals surface area contributed by atoms with Crippen LogP contribution in [-0.2, 0) is 13.2 Å². The Morgan fingerprint density at radius 3 is 2.27 bits per heavy atom. The van der Waals surface area contributed by atoms with Crippen LogP contribution in [0.2, 0.25) is 0 Å². The summed E-state index contributed by atoms with van der Waals surface area (Å²) in [6, 6.07) is 14.5. The summed E-state index contributed by atoms with van der Waals surface area (Å²) in [7, 11) is 0. The highest BCUT2D eigenvalue weighted by Gasteiger charge is 2.12. The van der Waals surface area contributed by atoms with Crippen molar-refractivity contribution in [1.29, 1.82) is 10.8 Å². The first kappa shape index (κ1) is 20.9. The molecular formula is C23H25N5O2. The van der Waals surface area contributed by atoms with Crippen molar-refractivity contribution in [2.24, 2.45) is 11.5 Å². The number of nitrogen functional groups attached to an aromatic ring is 2. The van der Waals surface area contributed by atoms with Gasteiger partial charge >= 0.3 is 0 Å². The summed E-state index contributed by atoms with van der Waals surface area (Å²) in [5.41, 5.74) is 16.0. The van der Waals surface area contributed by atoms with E-state index in [4.69, 9.17) is 31.8 Å². The normalized spacial score (nSPS) is 10.5. The third-order valence-corrected chi connectivity index (χ3v) is 4.75. The minimum atomic E-state index is 0.0239. The lowest BCUT2D eigenvalue weighted by atomic mass is 10.1. The largest absolute Gasteiger partial charge is 0.489 e. The molecular weight excluding hydrogens is 378 g/mol. The minimum absolute atomic E-state index is 0.0239. The molecule has 3 rings (SSSR count). The molecule has 0 saturated carbocycles. The topological polar surface area (TPSA) is 131 Å². The van der Waals surface area contributed by atoms with Gasteiger partial charge in [-0.05, 0) is 49.7 Å². The Morgan fingerprint density at radius 2 is 1.60 bits per heavy atom. The molecule has 0 fully saturated rings. The smallest absolute Gasteiger partial charge is 0.144 e. The van der Waals surface area contributed by atoms with Gasteiger partial charge in [-0.1, -0.05) is 18.2 Å². The lowest BCUT2D eigenvalue weighted by Gasteiger charge is -2.16. The van der Waals surface area contributed by atoms with Crippen LogP contribution >= 0.6 is 0 Å². The van der Waals surface area contributed by atoms with Crippen molar-refractivity contribution in [2.45, 2.75) is 27.1 Å². The maximum Gasteiger partial charge on any atom is 0.144 e. The highest BCUT2D eigenvalue weighted by Crippen LogP contribution is 2.26. The Bertz CT molecular complexity index is 1080. The summed E-state index contributed by atoms with van der Waals surface area (Å²) in [6.45, 7) is 4.57. The van der Waals surface area contributed by atoms with Crippen molar-refractivity contribution in [1.82, 2.24) is 4.98 Å². The minimum Gasteiger partial charge on any atom is -0.489 e. The van der Waals surface area contributed by atoms with Gasteiger partial charge in [0.1, 0.15) is 36.4 Å². The van der Waals surface area contributed by atoms with E-state index >= 15 is 0 Å². The number of amidine groups is 2. The third-order valence-electron chi connectivity index (χ3n) is 4.75. The van der Waals surface area contributed by atoms with Crippen molar-refractivity contribution < 1.29 is 9.47 Å². The van der Waals surface area contributed by atoms with Crippen LogP contribution in [0.15, 0.2) is 54.7 Å². The van der Waals surface area contributed by atoms with Gasteiger partial charge in [0.25, 0.3) is 0 Å². The van der Waals surface area contributed by atoms with E-state index in [1.54, 1.807) is 36.5 Å². The number of nitrogens with zero attached hydrogens (tertiary/aromatic N) is 1. The van der Waals surface area contributed by atoms with Crippen molar-refractivity contribution >= 4 is 11.7 Å². The number of nitrogens with one attached hydrogen (secondary N) is 2. The van der Waals surface area contributed by atoms with Gasteiger partial charge in [-0.15, -0.1) is 0 Å². The number of aromatic nitrogens is 1. The van der Waals surface area contributed by atoms with E-state index in [2.05, 4.69) is 4.98 Å². The number of rotatable bonds is 8. The highest BCUT2D eigenvalue weighted by atomic mass is 16.5. The third kappa shape index (κ3) is 4.94. The Hall–Kier alpha value is -3.87. The van der Waals surface area contributed by atoms with E-state index in [1.165, 1.54) is 0 Å². The molecule has 3 aromatic rings. The summed E-state index contributed by atoms with van der Waals surface area (Å²) in [5, 5.41) is 15.0. The number of hydrogen-bond acceptors (Lipinski definition) is 5. The van der Waals surface area contributed by atoms with Gasteiger partial charge < -0.3 is 20.9 Å². The molecule has 30 heavy (non-hydrogen) atoms. The summed E-state index contributed by atoms with van der Waals surface area (Å²) < 4.78 is 11.9. The summed E-state index contributed by atoms with van der Waals surface area (Å²) >= 11 is 0. The summed E-state index contributed by atoms with van der Waals surface area (Å²) in [5.74, 6) is 1.46. The number of aryl methyl sites for hydroxylation is 1. The fourth-order valence-electron chi connectivity index (χ4n) is 2.98. The Kier molecular flexibility index (Phi) is 6.32. The molecule has 1 aromatic heterocycles. The van der Waals surface area contributed by atoms with Crippen molar-refractivity contribution in [3.63, 3.8) is 0 Å². The zero-order valence-corrected chi connectivity index (χ0v) is 17.0. The first-order valence-corrected chi connectivity index (χ1v) is 9.43. The number of nitrogens with two attached hydrogens (primary N) is 2. The maximum atomic E-state index is 7.57. The van der Waals surface area contributed by atoms with E-state index in [0.29, 0.717) is 30.1 Å². The van der Waals surface area contributed by atoms with Gasteiger partial charge in [0.05, 0.1) is 5.69 Å². The summed E-state index contributed by atoms with van der Waals surface area (Å²) in [4.78, 5) is 4.44. The summed E-state index contributed by atoms with van der Waals surface area (Å²) in [6.07, 6.45) is 1.79. The van der Waals surface area contributed by atoms with Crippen LogP contribution in [-0.4, -0.2) is 16.7 Å². The van der Waals surface area contributed by atoms with Gasteiger partial charge in [-0.3, -0.25) is 15.8 Å². The molecule has 0 unspecified atom stereocenters. The molecule has 6 N–H and O–H groups in total.